The molecule has 0 rings (SSSR count). The van der Waals surface area contributed by atoms with Gasteiger partial charge in [-0.05, 0) is 24.2 Å². The number of hydrogen-bond acceptors (Lipinski definition) is 0. The van der Waals surface area contributed by atoms with Crippen LogP contribution in [0.25, 0.3) is 0 Å². The first-order valence-corrected chi connectivity index (χ1v) is 5.65. The fraction of sp³-hybridized carbons (Fsp3) is 0.846. The zero-order valence-corrected chi connectivity index (χ0v) is 9.90. The van der Waals surface area contributed by atoms with Crippen LogP contribution in [0.5, 0.6) is 0 Å². The molecule has 0 aromatic rings. The summed E-state index contributed by atoms with van der Waals surface area (Å²) in [6.07, 6.45) is 8.61. The summed E-state index contributed by atoms with van der Waals surface area (Å²) in [4.78, 5) is 0. The Labute approximate surface area is 84.4 Å². The minimum absolute atomic E-state index is 0.511. The molecule has 0 saturated heterocycles. The van der Waals surface area contributed by atoms with E-state index in [2.05, 4.69) is 40.3 Å². The quantitative estimate of drug-likeness (QED) is 0.496. The SMILES string of the molecule is C=CCC(C)(CC)CCCC(C)C. The summed E-state index contributed by atoms with van der Waals surface area (Å²) in [5.41, 5.74) is 0.511. The first-order valence-electron chi connectivity index (χ1n) is 5.65. The van der Waals surface area contributed by atoms with Crippen LogP contribution in [0.15, 0.2) is 12.7 Å². The maximum Gasteiger partial charge on any atom is -0.0294 e. The molecule has 1 unspecified atom stereocenters. The predicted octanol–water partition coefficient (Wildman–Crippen LogP) is 4.81. The molecule has 0 fully saturated rings. The second-order valence-electron chi connectivity index (χ2n) is 4.94. The Balaban J connectivity index is 3.76. The van der Waals surface area contributed by atoms with Crippen molar-refractivity contribution >= 4 is 0 Å². The van der Waals surface area contributed by atoms with E-state index in [1.807, 2.05) is 0 Å². The second kappa shape index (κ2) is 6.23. The Kier molecular flexibility index (Phi) is 6.11. The van der Waals surface area contributed by atoms with Crippen molar-refractivity contribution in [3.05, 3.63) is 12.7 Å². The van der Waals surface area contributed by atoms with E-state index in [4.69, 9.17) is 0 Å². The Bertz CT molecular complexity index is 135. The smallest absolute Gasteiger partial charge is 0.0294 e. The lowest BCUT2D eigenvalue weighted by molar-refractivity contribution is 0.271. The molecule has 0 nitrogen and oxygen atoms in total. The Morgan fingerprint density at radius 3 is 2.38 bits per heavy atom. The highest BCUT2D eigenvalue weighted by molar-refractivity contribution is 4.82. The molecule has 0 heterocycles. The standard InChI is InChI=1S/C13H26/c1-6-10-13(5,7-2)11-8-9-12(3)4/h6,12H,1,7-11H2,2-5H3. The van der Waals surface area contributed by atoms with Crippen LogP contribution < -0.4 is 0 Å². The van der Waals surface area contributed by atoms with E-state index in [9.17, 15) is 0 Å². The van der Waals surface area contributed by atoms with Gasteiger partial charge >= 0.3 is 0 Å². The van der Waals surface area contributed by atoms with Crippen LogP contribution in [0.4, 0.5) is 0 Å². The summed E-state index contributed by atoms with van der Waals surface area (Å²) >= 11 is 0. The van der Waals surface area contributed by atoms with Gasteiger partial charge in [0.2, 0.25) is 0 Å². The highest BCUT2D eigenvalue weighted by Crippen LogP contribution is 2.32. The van der Waals surface area contributed by atoms with Gasteiger partial charge in [-0.3, -0.25) is 0 Å². The van der Waals surface area contributed by atoms with E-state index < -0.39 is 0 Å². The second-order valence-corrected chi connectivity index (χ2v) is 4.94. The maximum atomic E-state index is 3.84. The molecule has 0 saturated carbocycles. The molecule has 0 heteroatoms. The third-order valence-corrected chi connectivity index (χ3v) is 3.05. The van der Waals surface area contributed by atoms with Crippen LogP contribution in [0.2, 0.25) is 0 Å². The van der Waals surface area contributed by atoms with E-state index in [1.165, 1.54) is 32.1 Å². The molecule has 0 aliphatic heterocycles. The van der Waals surface area contributed by atoms with Gasteiger partial charge in [-0.2, -0.15) is 0 Å². The highest BCUT2D eigenvalue weighted by Gasteiger charge is 2.19. The van der Waals surface area contributed by atoms with Gasteiger partial charge in [0.1, 0.15) is 0 Å². The Morgan fingerprint density at radius 2 is 2.00 bits per heavy atom. The Morgan fingerprint density at radius 1 is 1.38 bits per heavy atom. The van der Waals surface area contributed by atoms with Crippen LogP contribution in [0.3, 0.4) is 0 Å². The van der Waals surface area contributed by atoms with Gasteiger partial charge in [0, 0.05) is 0 Å². The minimum Gasteiger partial charge on any atom is -0.103 e. The highest BCUT2D eigenvalue weighted by atomic mass is 14.2. The summed E-state index contributed by atoms with van der Waals surface area (Å²) in [7, 11) is 0. The molecule has 0 bridgehead atoms. The largest absolute Gasteiger partial charge is 0.103 e. The molecule has 0 aliphatic carbocycles. The van der Waals surface area contributed by atoms with Crippen molar-refractivity contribution in [1.29, 1.82) is 0 Å². The van der Waals surface area contributed by atoms with E-state index in [-0.39, 0.29) is 0 Å². The first-order chi connectivity index (χ1) is 6.04. The summed E-state index contributed by atoms with van der Waals surface area (Å²) in [5, 5.41) is 0. The van der Waals surface area contributed by atoms with E-state index >= 15 is 0 Å². The fourth-order valence-electron chi connectivity index (χ4n) is 1.71. The summed E-state index contributed by atoms with van der Waals surface area (Å²) in [5.74, 6) is 0.852. The van der Waals surface area contributed by atoms with Gasteiger partial charge in [0.25, 0.3) is 0 Å². The molecule has 0 aromatic heterocycles. The molecular formula is C13H26. The number of hydrogen-bond donors (Lipinski definition) is 0. The average molecular weight is 182 g/mol. The predicted molar refractivity (Wildman–Crippen MR) is 61.9 cm³/mol. The monoisotopic (exact) mass is 182 g/mol. The lowest BCUT2D eigenvalue weighted by atomic mass is 9.79. The molecule has 0 radical (unpaired) electrons. The van der Waals surface area contributed by atoms with Crippen LogP contribution in [0, 0.1) is 11.3 Å². The van der Waals surface area contributed by atoms with Crippen molar-refractivity contribution in [1.82, 2.24) is 0 Å². The maximum absolute atomic E-state index is 3.84. The molecule has 78 valence electrons. The molecule has 1 atom stereocenters. The van der Waals surface area contributed by atoms with Crippen molar-refractivity contribution in [2.45, 2.75) is 59.8 Å². The molecule has 0 aliphatic rings. The molecule has 0 aromatic carbocycles. The summed E-state index contributed by atoms with van der Waals surface area (Å²) in [6.45, 7) is 13.1. The molecule has 0 spiro atoms. The first kappa shape index (κ1) is 12.7. The summed E-state index contributed by atoms with van der Waals surface area (Å²) < 4.78 is 0. The Hall–Kier alpha value is -0.260. The van der Waals surface area contributed by atoms with E-state index in [1.54, 1.807) is 0 Å². The zero-order chi connectivity index (χ0) is 10.3. The topological polar surface area (TPSA) is 0 Å². The van der Waals surface area contributed by atoms with Crippen LogP contribution >= 0.6 is 0 Å². The van der Waals surface area contributed by atoms with Crippen molar-refractivity contribution in [2.24, 2.45) is 11.3 Å². The minimum atomic E-state index is 0.511. The van der Waals surface area contributed by atoms with Gasteiger partial charge in [0.05, 0.1) is 0 Å². The van der Waals surface area contributed by atoms with Gasteiger partial charge in [-0.15, -0.1) is 6.58 Å². The van der Waals surface area contributed by atoms with Crippen molar-refractivity contribution in [3.8, 4) is 0 Å². The molecule has 13 heavy (non-hydrogen) atoms. The molecule has 0 N–H and O–H groups in total. The van der Waals surface area contributed by atoms with Crippen molar-refractivity contribution < 1.29 is 0 Å². The third kappa shape index (κ3) is 5.90. The van der Waals surface area contributed by atoms with Crippen LogP contribution in [0.1, 0.15) is 59.8 Å². The fourth-order valence-corrected chi connectivity index (χ4v) is 1.71. The number of allylic oxidation sites excluding steroid dienone is 1. The average Bonchev–Trinajstić information content (AvgIpc) is 2.04. The van der Waals surface area contributed by atoms with Gasteiger partial charge in [-0.25, -0.2) is 0 Å². The van der Waals surface area contributed by atoms with E-state index in [0.717, 1.165) is 5.92 Å². The van der Waals surface area contributed by atoms with Crippen molar-refractivity contribution in [2.75, 3.05) is 0 Å². The van der Waals surface area contributed by atoms with Gasteiger partial charge in [0.15, 0.2) is 0 Å². The lowest BCUT2D eigenvalue weighted by Crippen LogP contribution is -2.14. The van der Waals surface area contributed by atoms with Crippen molar-refractivity contribution in [3.63, 3.8) is 0 Å². The molecule has 0 amide bonds. The third-order valence-electron chi connectivity index (χ3n) is 3.05. The van der Waals surface area contributed by atoms with Crippen LogP contribution in [-0.4, -0.2) is 0 Å². The lowest BCUT2D eigenvalue weighted by Gasteiger charge is -2.27. The normalized spacial score (nSPS) is 15.8. The number of rotatable bonds is 7. The summed E-state index contributed by atoms with van der Waals surface area (Å²) in [6, 6.07) is 0. The molecular weight excluding hydrogens is 156 g/mol. The van der Waals surface area contributed by atoms with Gasteiger partial charge < -0.3 is 0 Å². The van der Waals surface area contributed by atoms with Crippen LogP contribution in [-0.2, 0) is 0 Å². The van der Waals surface area contributed by atoms with Gasteiger partial charge in [-0.1, -0.05) is 53.0 Å². The zero-order valence-electron chi connectivity index (χ0n) is 9.90. The van der Waals surface area contributed by atoms with E-state index in [0.29, 0.717) is 5.41 Å².